The van der Waals surface area contributed by atoms with Crippen molar-refractivity contribution in [2.24, 2.45) is 0 Å². The van der Waals surface area contributed by atoms with Gasteiger partial charge in [0.05, 0.1) is 16.8 Å². The molecule has 3 rings (SSSR count). The van der Waals surface area contributed by atoms with Gasteiger partial charge in [-0.2, -0.15) is 0 Å². The number of amides is 1. The Hall–Kier alpha value is -1.61. The fourth-order valence-corrected chi connectivity index (χ4v) is 5.37. The van der Waals surface area contributed by atoms with Crippen LogP contribution in [0.15, 0.2) is 29.6 Å². The lowest BCUT2D eigenvalue weighted by Crippen LogP contribution is -2.41. The summed E-state index contributed by atoms with van der Waals surface area (Å²) in [7, 11) is -1.33. The maximum atomic E-state index is 12.6. The second-order valence-corrected chi connectivity index (χ2v) is 9.21. The summed E-state index contributed by atoms with van der Waals surface area (Å²) >= 11 is 1.32. The van der Waals surface area contributed by atoms with E-state index in [2.05, 4.69) is 10.2 Å². The molecule has 1 saturated heterocycles. The van der Waals surface area contributed by atoms with Gasteiger partial charge in [-0.15, -0.1) is 10.2 Å². The van der Waals surface area contributed by atoms with Crippen LogP contribution in [0.2, 0.25) is 0 Å². The molecule has 3 heterocycles. The van der Waals surface area contributed by atoms with Crippen molar-refractivity contribution in [1.82, 2.24) is 19.5 Å². The predicted molar refractivity (Wildman–Crippen MR) is 88.1 cm³/mol. The van der Waals surface area contributed by atoms with Gasteiger partial charge in [-0.25, -0.2) is 8.42 Å². The summed E-state index contributed by atoms with van der Waals surface area (Å²) in [5, 5.41) is 8.45. The molecule has 124 valence electrons. The number of sulfone groups is 1. The Labute approximate surface area is 139 Å². The van der Waals surface area contributed by atoms with Gasteiger partial charge in [-0.3, -0.25) is 9.20 Å². The zero-order valence-corrected chi connectivity index (χ0v) is 14.5. The van der Waals surface area contributed by atoms with Gasteiger partial charge in [0.2, 0.25) is 5.91 Å². The van der Waals surface area contributed by atoms with Gasteiger partial charge in [-0.1, -0.05) is 17.8 Å². The van der Waals surface area contributed by atoms with E-state index >= 15 is 0 Å². The molecule has 0 aliphatic carbocycles. The molecule has 0 spiro atoms. The number of carbonyl (C=O) groups excluding carboxylic acids is 1. The van der Waals surface area contributed by atoms with Crippen LogP contribution in [0.1, 0.15) is 13.3 Å². The first-order chi connectivity index (χ1) is 10.9. The topological polar surface area (TPSA) is 84.6 Å². The Morgan fingerprint density at radius 1 is 1.43 bits per heavy atom. The van der Waals surface area contributed by atoms with E-state index in [0.29, 0.717) is 11.6 Å². The molecule has 1 aliphatic heterocycles. The van der Waals surface area contributed by atoms with Crippen molar-refractivity contribution in [2.75, 3.05) is 18.6 Å². The summed E-state index contributed by atoms with van der Waals surface area (Å²) < 4.78 is 25.0. The number of pyridine rings is 1. The molecular weight excluding hydrogens is 336 g/mol. The number of carbonyl (C=O) groups is 1. The van der Waals surface area contributed by atoms with E-state index in [9.17, 15) is 13.2 Å². The Morgan fingerprint density at radius 2 is 2.22 bits per heavy atom. The molecule has 0 saturated carbocycles. The smallest absolute Gasteiger partial charge is 0.235 e. The van der Waals surface area contributed by atoms with Crippen LogP contribution in [0.5, 0.6) is 0 Å². The molecule has 2 atom stereocenters. The first-order valence-corrected chi connectivity index (χ1v) is 10.0. The minimum Gasteiger partial charge on any atom is -0.341 e. The van der Waals surface area contributed by atoms with E-state index < -0.39 is 9.84 Å². The second kappa shape index (κ2) is 6.12. The number of thioether (sulfide) groups is 1. The number of aromatic nitrogens is 3. The Morgan fingerprint density at radius 3 is 2.91 bits per heavy atom. The van der Waals surface area contributed by atoms with Gasteiger partial charge in [0.25, 0.3) is 0 Å². The highest BCUT2D eigenvalue weighted by Gasteiger charge is 2.34. The molecule has 0 unspecified atom stereocenters. The van der Waals surface area contributed by atoms with Crippen molar-refractivity contribution in [3.05, 3.63) is 24.4 Å². The molecular formula is C14H18N4O3S2. The molecule has 2 aromatic rings. The maximum Gasteiger partial charge on any atom is 0.235 e. The summed E-state index contributed by atoms with van der Waals surface area (Å²) in [4.78, 5) is 14.1. The van der Waals surface area contributed by atoms with Gasteiger partial charge in [0.15, 0.2) is 20.6 Å². The van der Waals surface area contributed by atoms with Crippen molar-refractivity contribution in [1.29, 1.82) is 0 Å². The van der Waals surface area contributed by atoms with Gasteiger partial charge >= 0.3 is 0 Å². The molecule has 1 amide bonds. The lowest BCUT2D eigenvalue weighted by molar-refractivity contribution is -0.130. The monoisotopic (exact) mass is 354 g/mol. The second-order valence-electron chi connectivity index (χ2n) is 5.68. The maximum absolute atomic E-state index is 12.6. The highest BCUT2D eigenvalue weighted by atomic mass is 32.2. The third kappa shape index (κ3) is 3.35. The van der Waals surface area contributed by atoms with E-state index in [1.54, 1.807) is 18.9 Å². The summed E-state index contributed by atoms with van der Waals surface area (Å²) in [6, 6.07) is 5.37. The highest BCUT2D eigenvalue weighted by molar-refractivity contribution is 8.00. The molecule has 0 aromatic carbocycles. The van der Waals surface area contributed by atoms with Crippen LogP contribution in [-0.4, -0.2) is 63.7 Å². The number of nitrogens with zero attached hydrogens (tertiary/aromatic N) is 4. The van der Waals surface area contributed by atoms with Gasteiger partial charge in [0.1, 0.15) is 0 Å². The fourth-order valence-electron chi connectivity index (χ4n) is 2.66. The number of rotatable bonds is 4. The molecule has 0 N–H and O–H groups in total. The first kappa shape index (κ1) is 16.3. The normalized spacial score (nSPS) is 21.4. The summed E-state index contributed by atoms with van der Waals surface area (Å²) in [5.74, 6) is 0.122. The zero-order chi connectivity index (χ0) is 16.6. The first-order valence-electron chi connectivity index (χ1n) is 7.31. The van der Waals surface area contributed by atoms with Crippen molar-refractivity contribution >= 4 is 33.2 Å². The highest BCUT2D eigenvalue weighted by Crippen LogP contribution is 2.25. The molecule has 23 heavy (non-hydrogen) atoms. The lowest BCUT2D eigenvalue weighted by Gasteiger charge is -2.26. The van der Waals surface area contributed by atoms with Crippen molar-refractivity contribution < 1.29 is 13.2 Å². The molecule has 7 nitrogen and oxygen atoms in total. The minimum absolute atomic E-state index is 0.0560. The van der Waals surface area contributed by atoms with Crippen LogP contribution in [0.4, 0.5) is 0 Å². The number of hydrogen-bond acceptors (Lipinski definition) is 6. The van der Waals surface area contributed by atoms with E-state index in [1.807, 2.05) is 28.8 Å². The minimum atomic E-state index is -3.01. The van der Waals surface area contributed by atoms with Gasteiger partial charge in [-0.05, 0) is 25.5 Å². The molecule has 9 heteroatoms. The van der Waals surface area contributed by atoms with Crippen LogP contribution in [-0.2, 0) is 14.6 Å². The van der Waals surface area contributed by atoms with E-state index in [4.69, 9.17) is 0 Å². The third-order valence-corrected chi connectivity index (χ3v) is 6.81. The largest absolute Gasteiger partial charge is 0.341 e. The van der Waals surface area contributed by atoms with Gasteiger partial charge in [0, 0.05) is 19.3 Å². The SMILES string of the molecule is C[C@H](Sc1nnc2ccccn12)C(=O)N(C)[C@H]1CCS(=O)(=O)C1. The summed E-state index contributed by atoms with van der Waals surface area (Å²) in [6.07, 6.45) is 2.36. The molecule has 2 aromatic heterocycles. The van der Waals surface area contributed by atoms with E-state index in [0.717, 1.165) is 5.65 Å². The third-order valence-electron chi connectivity index (χ3n) is 4.02. The fraction of sp³-hybridized carbons (Fsp3) is 0.500. The predicted octanol–water partition coefficient (Wildman–Crippen LogP) is 0.855. The van der Waals surface area contributed by atoms with Crippen molar-refractivity contribution in [3.8, 4) is 0 Å². The van der Waals surface area contributed by atoms with E-state index in [-0.39, 0.29) is 28.7 Å². The van der Waals surface area contributed by atoms with Crippen LogP contribution in [0, 0.1) is 0 Å². The molecule has 1 aliphatic rings. The molecule has 0 bridgehead atoms. The summed E-state index contributed by atoms with van der Waals surface area (Å²) in [5.41, 5.74) is 0.727. The van der Waals surface area contributed by atoms with Crippen LogP contribution in [0.3, 0.4) is 0 Å². The number of hydrogen-bond donors (Lipinski definition) is 0. The van der Waals surface area contributed by atoms with Crippen LogP contribution >= 0.6 is 11.8 Å². The Kier molecular flexibility index (Phi) is 4.33. The quantitative estimate of drug-likeness (QED) is 0.757. The lowest BCUT2D eigenvalue weighted by atomic mass is 10.2. The summed E-state index contributed by atoms with van der Waals surface area (Å²) in [6.45, 7) is 1.80. The van der Waals surface area contributed by atoms with Crippen molar-refractivity contribution in [3.63, 3.8) is 0 Å². The molecule has 1 fully saturated rings. The standard InChI is InChI=1S/C14H18N4O3S2/c1-10(13(19)17(2)11-6-8-23(20,21)9-11)22-14-16-15-12-5-3-4-7-18(12)14/h3-5,7,10-11H,6,8-9H2,1-2H3/t10-,11-/m0/s1. The van der Waals surface area contributed by atoms with Crippen LogP contribution < -0.4 is 0 Å². The van der Waals surface area contributed by atoms with E-state index in [1.165, 1.54) is 11.8 Å². The molecule has 0 radical (unpaired) electrons. The average molecular weight is 354 g/mol. The van der Waals surface area contributed by atoms with Gasteiger partial charge < -0.3 is 4.90 Å². The number of fused-ring (bicyclic) bond motifs is 1. The Balaban J connectivity index is 1.70. The zero-order valence-electron chi connectivity index (χ0n) is 12.9. The van der Waals surface area contributed by atoms with Crippen LogP contribution in [0.25, 0.3) is 5.65 Å². The average Bonchev–Trinajstić information content (AvgIpc) is 3.09. The van der Waals surface area contributed by atoms with Crippen molar-refractivity contribution in [2.45, 2.75) is 29.8 Å². The Bertz CT molecular complexity index is 833.